The van der Waals surface area contributed by atoms with Crippen LogP contribution in [-0.2, 0) is 0 Å². The zero-order chi connectivity index (χ0) is 20.0. The van der Waals surface area contributed by atoms with Crippen molar-refractivity contribution in [3.63, 3.8) is 0 Å². The molecule has 0 N–H and O–H groups in total. The molecule has 2 nitrogen and oxygen atoms in total. The zero-order valence-corrected chi connectivity index (χ0v) is 17.8. The summed E-state index contributed by atoms with van der Waals surface area (Å²) in [6, 6.07) is 22.6. The summed E-state index contributed by atoms with van der Waals surface area (Å²) >= 11 is 0. The molecule has 0 spiro atoms. The van der Waals surface area contributed by atoms with Gasteiger partial charge < -0.3 is 9.80 Å². The molecular formula is C26H34N2. The van der Waals surface area contributed by atoms with E-state index in [0.29, 0.717) is 12.1 Å². The van der Waals surface area contributed by atoms with Crippen LogP contribution in [-0.4, -0.2) is 17.7 Å². The topological polar surface area (TPSA) is 6.48 Å². The molecule has 148 valence electrons. The lowest BCUT2D eigenvalue weighted by Crippen LogP contribution is -2.65. The highest BCUT2D eigenvalue weighted by atomic mass is 15.4. The Labute approximate surface area is 171 Å². The number of anilines is 2. The van der Waals surface area contributed by atoms with Gasteiger partial charge in [-0.15, -0.1) is 0 Å². The van der Waals surface area contributed by atoms with E-state index in [1.165, 1.54) is 11.4 Å². The Morgan fingerprint density at radius 2 is 1.21 bits per heavy atom. The van der Waals surface area contributed by atoms with Gasteiger partial charge in [0.15, 0.2) is 0 Å². The van der Waals surface area contributed by atoms with Crippen LogP contribution in [0.4, 0.5) is 11.4 Å². The Hall–Kier alpha value is -2.48. The molecule has 1 aliphatic carbocycles. The van der Waals surface area contributed by atoms with Gasteiger partial charge in [-0.3, -0.25) is 0 Å². The lowest BCUT2D eigenvalue weighted by atomic mass is 9.90. The summed E-state index contributed by atoms with van der Waals surface area (Å²) in [7, 11) is 0. The number of rotatable bonds is 8. The maximum absolute atomic E-state index is 2.63. The molecule has 0 saturated heterocycles. The van der Waals surface area contributed by atoms with E-state index in [-0.39, 0.29) is 5.66 Å². The maximum Gasteiger partial charge on any atom is 0.136 e. The van der Waals surface area contributed by atoms with Crippen LogP contribution in [0, 0.1) is 0 Å². The molecule has 3 rings (SSSR count). The van der Waals surface area contributed by atoms with E-state index in [1.807, 2.05) is 0 Å². The minimum atomic E-state index is -0.234. The van der Waals surface area contributed by atoms with Crippen LogP contribution < -0.4 is 9.80 Å². The summed E-state index contributed by atoms with van der Waals surface area (Å²) in [5.41, 5.74) is 2.32. The second-order valence-electron chi connectivity index (χ2n) is 7.80. The van der Waals surface area contributed by atoms with Gasteiger partial charge in [0.25, 0.3) is 0 Å². The van der Waals surface area contributed by atoms with Crippen molar-refractivity contribution < 1.29 is 0 Å². The van der Waals surface area contributed by atoms with Gasteiger partial charge in [0, 0.05) is 29.9 Å². The Balaban J connectivity index is 2.22. The number of hydrogen-bond donors (Lipinski definition) is 0. The predicted molar refractivity (Wildman–Crippen MR) is 123 cm³/mol. The fourth-order valence-corrected chi connectivity index (χ4v) is 4.33. The monoisotopic (exact) mass is 374 g/mol. The van der Waals surface area contributed by atoms with E-state index in [2.05, 4.69) is 122 Å². The van der Waals surface area contributed by atoms with E-state index in [9.17, 15) is 0 Å². The van der Waals surface area contributed by atoms with Crippen LogP contribution in [0.3, 0.4) is 0 Å². The molecule has 0 amide bonds. The van der Waals surface area contributed by atoms with Crippen LogP contribution in [0.2, 0.25) is 0 Å². The first-order valence-electron chi connectivity index (χ1n) is 10.7. The third kappa shape index (κ3) is 3.87. The highest BCUT2D eigenvalue weighted by molar-refractivity contribution is 5.61. The molecule has 1 aliphatic rings. The number of para-hydroxylation sites is 2. The molecule has 0 fully saturated rings. The summed E-state index contributed by atoms with van der Waals surface area (Å²) in [4.78, 5) is 5.26. The van der Waals surface area contributed by atoms with E-state index in [4.69, 9.17) is 0 Å². The van der Waals surface area contributed by atoms with E-state index in [1.54, 1.807) is 0 Å². The SMILES string of the molecule is CCC(C)N(c1ccccc1)C1(N(c2ccccc2)C(C)CC)C=CC=CC1. The lowest BCUT2D eigenvalue weighted by Gasteiger charge is -2.56. The molecule has 0 heterocycles. The average Bonchev–Trinajstić information content (AvgIpc) is 2.76. The fourth-order valence-electron chi connectivity index (χ4n) is 4.33. The largest absolute Gasteiger partial charge is 0.342 e. The zero-order valence-electron chi connectivity index (χ0n) is 17.8. The summed E-state index contributed by atoms with van der Waals surface area (Å²) in [5, 5.41) is 0. The van der Waals surface area contributed by atoms with Crippen molar-refractivity contribution in [2.75, 3.05) is 9.80 Å². The molecule has 28 heavy (non-hydrogen) atoms. The third-order valence-electron chi connectivity index (χ3n) is 5.99. The number of allylic oxidation sites excluding steroid dienone is 2. The van der Waals surface area contributed by atoms with Crippen LogP contribution in [0.1, 0.15) is 47.0 Å². The van der Waals surface area contributed by atoms with E-state index in [0.717, 1.165) is 19.3 Å². The highest BCUT2D eigenvalue weighted by Gasteiger charge is 2.44. The van der Waals surface area contributed by atoms with E-state index < -0.39 is 0 Å². The first-order valence-corrected chi connectivity index (χ1v) is 10.7. The smallest absolute Gasteiger partial charge is 0.136 e. The first-order chi connectivity index (χ1) is 13.6. The summed E-state index contributed by atoms with van der Waals surface area (Å²) in [5.74, 6) is 0. The molecule has 2 aromatic carbocycles. The minimum absolute atomic E-state index is 0.234. The molecule has 0 saturated carbocycles. The molecule has 0 aliphatic heterocycles. The van der Waals surface area contributed by atoms with Crippen molar-refractivity contribution in [2.45, 2.75) is 64.7 Å². The lowest BCUT2D eigenvalue weighted by molar-refractivity contribution is 0.369. The van der Waals surface area contributed by atoms with Gasteiger partial charge in [0.2, 0.25) is 0 Å². The van der Waals surface area contributed by atoms with Gasteiger partial charge in [-0.1, -0.05) is 68.5 Å². The summed E-state index contributed by atoms with van der Waals surface area (Å²) in [6.45, 7) is 9.26. The Morgan fingerprint density at radius 3 is 1.57 bits per heavy atom. The minimum Gasteiger partial charge on any atom is -0.342 e. The second kappa shape index (κ2) is 9.14. The van der Waals surface area contributed by atoms with Crippen LogP contribution >= 0.6 is 0 Å². The van der Waals surface area contributed by atoms with Gasteiger partial charge in [0.05, 0.1) is 0 Å². The molecule has 2 aromatic rings. The Kier molecular flexibility index (Phi) is 6.61. The number of hydrogen-bond acceptors (Lipinski definition) is 2. The quantitative estimate of drug-likeness (QED) is 0.468. The molecule has 2 heteroatoms. The van der Waals surface area contributed by atoms with Crippen molar-refractivity contribution in [1.82, 2.24) is 0 Å². The maximum atomic E-state index is 2.63. The molecule has 0 bridgehead atoms. The molecule has 0 aromatic heterocycles. The summed E-state index contributed by atoms with van der Waals surface area (Å²) < 4.78 is 0. The van der Waals surface area contributed by atoms with Crippen LogP contribution in [0.5, 0.6) is 0 Å². The Morgan fingerprint density at radius 1 is 0.750 bits per heavy atom. The molecular weight excluding hydrogens is 340 g/mol. The fraction of sp³-hybridized carbons (Fsp3) is 0.385. The van der Waals surface area contributed by atoms with Crippen molar-refractivity contribution in [3.8, 4) is 0 Å². The van der Waals surface area contributed by atoms with Gasteiger partial charge in [0.1, 0.15) is 5.66 Å². The normalized spacial score (nSPS) is 20.6. The second-order valence-corrected chi connectivity index (χ2v) is 7.80. The predicted octanol–water partition coefficient (Wildman–Crippen LogP) is 6.81. The summed E-state index contributed by atoms with van der Waals surface area (Å²) in [6.07, 6.45) is 12.3. The molecule has 2 unspecified atom stereocenters. The third-order valence-corrected chi connectivity index (χ3v) is 5.99. The molecule has 2 atom stereocenters. The van der Waals surface area contributed by atoms with Gasteiger partial charge in [-0.2, -0.15) is 0 Å². The number of nitrogens with zero attached hydrogens (tertiary/aromatic N) is 2. The van der Waals surface area contributed by atoms with Crippen LogP contribution in [0.25, 0.3) is 0 Å². The standard InChI is InChI=1S/C26H34N2/c1-5-22(3)27(24-16-10-7-11-17-24)26(20-14-9-15-21-26)28(23(4)6-2)25-18-12-8-13-19-25/h7-20,22-23H,5-6,21H2,1-4H3. The van der Waals surface area contributed by atoms with Gasteiger partial charge in [-0.05, 0) is 57.0 Å². The molecule has 0 radical (unpaired) electrons. The highest BCUT2D eigenvalue weighted by Crippen LogP contribution is 2.40. The Bertz CT molecular complexity index is 725. The average molecular weight is 375 g/mol. The van der Waals surface area contributed by atoms with Gasteiger partial charge >= 0.3 is 0 Å². The van der Waals surface area contributed by atoms with Crippen LogP contribution in [0.15, 0.2) is 85.0 Å². The first kappa shape index (κ1) is 20.3. The van der Waals surface area contributed by atoms with E-state index >= 15 is 0 Å². The van der Waals surface area contributed by atoms with Crippen molar-refractivity contribution in [1.29, 1.82) is 0 Å². The van der Waals surface area contributed by atoms with Crippen molar-refractivity contribution >= 4 is 11.4 Å². The number of benzene rings is 2. The van der Waals surface area contributed by atoms with Crippen molar-refractivity contribution in [2.24, 2.45) is 0 Å². The van der Waals surface area contributed by atoms with Gasteiger partial charge in [-0.25, -0.2) is 0 Å². The van der Waals surface area contributed by atoms with Crippen molar-refractivity contribution in [3.05, 3.63) is 85.0 Å².